The van der Waals surface area contributed by atoms with E-state index >= 15 is 0 Å². The lowest BCUT2D eigenvalue weighted by Gasteiger charge is -2.34. The number of nitrogens with zero attached hydrogens (tertiary/aromatic N) is 2. The number of hydrogen-bond acceptors (Lipinski definition) is 5. The average Bonchev–Trinajstić information content (AvgIpc) is 2.66. The summed E-state index contributed by atoms with van der Waals surface area (Å²) in [5.41, 5.74) is 2.95. The maximum absolute atomic E-state index is 9.36. The van der Waals surface area contributed by atoms with E-state index in [-0.39, 0.29) is 17.1 Å². The van der Waals surface area contributed by atoms with Crippen LogP contribution in [0.2, 0.25) is 0 Å². The van der Waals surface area contributed by atoms with Gasteiger partial charge >= 0.3 is 0 Å². The Labute approximate surface area is 167 Å². The Hall–Kier alpha value is -1.29. The zero-order valence-corrected chi connectivity index (χ0v) is 18.4. The third-order valence-electron chi connectivity index (χ3n) is 4.66. The van der Waals surface area contributed by atoms with E-state index in [4.69, 9.17) is 11.8 Å². The second-order valence-electron chi connectivity index (χ2n) is 6.58. The Morgan fingerprint density at radius 3 is 2.26 bits per heavy atom. The number of phenolic OH excluding ortho intramolecular Hbond substituents is 1. The molecule has 0 spiro atoms. The van der Waals surface area contributed by atoms with Crippen molar-refractivity contribution < 1.29 is 14.9 Å². The van der Waals surface area contributed by atoms with Gasteiger partial charge in [0.1, 0.15) is 5.75 Å². The van der Waals surface area contributed by atoms with Gasteiger partial charge in [-0.1, -0.05) is 43.0 Å². The van der Waals surface area contributed by atoms with E-state index < -0.39 is 15.2 Å². The zero-order valence-electron chi connectivity index (χ0n) is 15.7. The maximum Gasteiger partial charge on any atom is 0.169 e. The average molecular weight is 424 g/mol. The summed E-state index contributed by atoms with van der Waals surface area (Å²) in [5.74, 6) is 0.227. The molecule has 0 aliphatic rings. The van der Waals surface area contributed by atoms with Gasteiger partial charge in [-0.25, -0.2) is 0 Å². The van der Waals surface area contributed by atoms with Crippen LogP contribution in [-0.4, -0.2) is 32.9 Å². The summed E-state index contributed by atoms with van der Waals surface area (Å²) in [7, 11) is -0.0194. The van der Waals surface area contributed by atoms with Crippen molar-refractivity contribution in [2.75, 3.05) is 7.05 Å². The highest BCUT2D eigenvalue weighted by atomic mass is 32.4. The third kappa shape index (κ3) is 5.84. The van der Waals surface area contributed by atoms with Gasteiger partial charge in [0.25, 0.3) is 0 Å². The van der Waals surface area contributed by atoms with Gasteiger partial charge in [0.05, 0.1) is 13.1 Å². The van der Waals surface area contributed by atoms with Crippen LogP contribution < -0.4 is 0 Å². The van der Waals surface area contributed by atoms with E-state index in [2.05, 4.69) is 18.9 Å². The molecule has 2 aromatic carbocycles. The minimum Gasteiger partial charge on any atom is -0.508 e. The molecule has 0 heterocycles. The lowest BCUT2D eigenvalue weighted by atomic mass is 9.96. The molecule has 2 aromatic rings. The van der Waals surface area contributed by atoms with Gasteiger partial charge in [-0.3, -0.25) is 4.78 Å². The molecular formula is C19H26N2O3P2S. The standard InChI is InChI=1S/C19H26N2O3P2S/c1-4-19(2,17-9-5-16(6-10-17)14-25(23)24)26(27)21(3)20-13-15-7-11-18(22)12-8-15/h5-13,22-24,26H,4,14H2,1-3H3/b20-13+. The Bertz CT molecular complexity index is 798. The smallest absolute Gasteiger partial charge is 0.169 e. The molecule has 5 nitrogen and oxygen atoms in total. The van der Waals surface area contributed by atoms with E-state index in [0.717, 1.165) is 23.1 Å². The first-order valence-corrected chi connectivity index (χ1v) is 12.6. The topological polar surface area (TPSA) is 76.3 Å². The molecular weight excluding hydrogens is 398 g/mol. The molecule has 0 aliphatic heterocycles. The van der Waals surface area contributed by atoms with Crippen molar-refractivity contribution in [2.24, 2.45) is 5.10 Å². The molecule has 2 rings (SSSR count). The predicted octanol–water partition coefficient (Wildman–Crippen LogP) is 4.37. The Kier molecular flexibility index (Phi) is 7.96. The summed E-state index contributed by atoms with van der Waals surface area (Å²) in [6.07, 6.45) is 2.91. The van der Waals surface area contributed by atoms with E-state index in [0.29, 0.717) is 0 Å². The van der Waals surface area contributed by atoms with Crippen molar-refractivity contribution in [3.63, 3.8) is 0 Å². The van der Waals surface area contributed by atoms with Crippen molar-refractivity contribution in [1.82, 2.24) is 4.78 Å². The minimum atomic E-state index is -1.93. The van der Waals surface area contributed by atoms with Crippen LogP contribution in [0, 0.1) is 0 Å². The molecule has 0 saturated carbocycles. The molecule has 0 amide bonds. The molecule has 0 radical (unpaired) electrons. The van der Waals surface area contributed by atoms with Gasteiger partial charge in [-0.05, 0) is 54.3 Å². The Balaban J connectivity index is 2.18. The molecule has 0 aromatic heterocycles. The lowest BCUT2D eigenvalue weighted by molar-refractivity contribution is 0.475. The van der Waals surface area contributed by atoms with Crippen LogP contribution in [0.3, 0.4) is 0 Å². The van der Waals surface area contributed by atoms with E-state index in [9.17, 15) is 14.9 Å². The quantitative estimate of drug-likeness (QED) is 0.333. The first-order chi connectivity index (χ1) is 12.8. The highest BCUT2D eigenvalue weighted by molar-refractivity contribution is 8.04. The van der Waals surface area contributed by atoms with Crippen molar-refractivity contribution >= 4 is 33.2 Å². The number of aromatic hydroxyl groups is 1. The lowest BCUT2D eigenvalue weighted by Crippen LogP contribution is -2.21. The van der Waals surface area contributed by atoms with Crippen molar-refractivity contribution in [2.45, 2.75) is 31.6 Å². The van der Waals surface area contributed by atoms with Crippen LogP contribution in [0.25, 0.3) is 0 Å². The fraction of sp³-hybridized carbons (Fsp3) is 0.316. The fourth-order valence-corrected chi connectivity index (χ4v) is 5.80. The van der Waals surface area contributed by atoms with Crippen LogP contribution >= 0.6 is 15.2 Å². The van der Waals surface area contributed by atoms with Gasteiger partial charge in [-0.2, -0.15) is 5.10 Å². The predicted molar refractivity (Wildman–Crippen MR) is 118 cm³/mol. The fourth-order valence-electron chi connectivity index (χ4n) is 2.74. The van der Waals surface area contributed by atoms with Gasteiger partial charge in [0, 0.05) is 18.4 Å². The minimum absolute atomic E-state index is 0.192. The third-order valence-corrected chi connectivity index (χ3v) is 9.74. The highest BCUT2D eigenvalue weighted by Gasteiger charge is 2.30. The molecule has 2 unspecified atom stereocenters. The summed E-state index contributed by atoms with van der Waals surface area (Å²) in [4.78, 5) is 18.4. The number of hydrazone groups is 1. The molecule has 0 fully saturated rings. The Morgan fingerprint density at radius 1 is 1.15 bits per heavy atom. The molecule has 3 N–H and O–H groups in total. The van der Waals surface area contributed by atoms with Gasteiger partial charge in [-0.15, -0.1) is 0 Å². The molecule has 27 heavy (non-hydrogen) atoms. The Morgan fingerprint density at radius 2 is 1.74 bits per heavy atom. The van der Waals surface area contributed by atoms with Crippen LogP contribution in [-0.2, 0) is 23.1 Å². The zero-order chi connectivity index (χ0) is 20.0. The summed E-state index contributed by atoms with van der Waals surface area (Å²) in [6.45, 7) is 2.85. The van der Waals surface area contributed by atoms with Crippen LogP contribution in [0.4, 0.5) is 0 Å². The van der Waals surface area contributed by atoms with Gasteiger partial charge in [0.2, 0.25) is 0 Å². The number of hydrogen-bond donors (Lipinski definition) is 3. The monoisotopic (exact) mass is 424 g/mol. The molecule has 0 saturated heterocycles. The normalized spacial score (nSPS) is 15.0. The van der Waals surface area contributed by atoms with Crippen LogP contribution in [0.5, 0.6) is 5.75 Å². The summed E-state index contributed by atoms with van der Waals surface area (Å²) in [6, 6.07) is 14.8. The second kappa shape index (κ2) is 9.77. The number of phenols is 1. The largest absolute Gasteiger partial charge is 0.508 e. The van der Waals surface area contributed by atoms with Crippen molar-refractivity contribution in [3.05, 3.63) is 65.2 Å². The molecule has 146 valence electrons. The van der Waals surface area contributed by atoms with Gasteiger partial charge < -0.3 is 14.9 Å². The highest BCUT2D eigenvalue weighted by Crippen LogP contribution is 2.51. The first kappa shape index (κ1) is 22.0. The number of rotatable bonds is 8. The SMILES string of the molecule is CCC(C)(c1ccc(CP(O)O)cc1)[PH](=S)N(C)/N=C/c1ccc(O)cc1. The van der Waals surface area contributed by atoms with E-state index in [1.165, 1.54) is 0 Å². The van der Waals surface area contributed by atoms with Gasteiger partial charge in [0.15, 0.2) is 8.38 Å². The summed E-state index contributed by atoms with van der Waals surface area (Å²) in [5, 5.41) is 13.7. The first-order valence-electron chi connectivity index (χ1n) is 8.62. The maximum atomic E-state index is 9.36. The second-order valence-corrected chi connectivity index (χ2v) is 11.2. The van der Waals surface area contributed by atoms with E-state index in [1.54, 1.807) is 30.5 Å². The summed E-state index contributed by atoms with van der Waals surface area (Å²) < 4.78 is 1.88. The van der Waals surface area contributed by atoms with Crippen LogP contribution in [0.15, 0.2) is 53.6 Å². The molecule has 2 atom stereocenters. The van der Waals surface area contributed by atoms with Crippen molar-refractivity contribution in [1.29, 1.82) is 0 Å². The summed E-state index contributed by atoms with van der Waals surface area (Å²) >= 11 is 5.91. The van der Waals surface area contributed by atoms with Crippen LogP contribution in [0.1, 0.15) is 37.0 Å². The van der Waals surface area contributed by atoms with E-state index in [1.807, 2.05) is 36.1 Å². The molecule has 0 aliphatic carbocycles. The van der Waals surface area contributed by atoms with Crippen molar-refractivity contribution in [3.8, 4) is 5.75 Å². The number of benzene rings is 2. The molecule has 0 bridgehead atoms. The molecule has 8 heteroatoms.